The lowest BCUT2D eigenvalue weighted by atomic mass is 9.81. The number of hydrogen-bond acceptors (Lipinski definition) is 3. The quantitative estimate of drug-likeness (QED) is 0.223. The molecule has 7 heteroatoms. The summed E-state index contributed by atoms with van der Waals surface area (Å²) >= 11 is 6.97. The maximum atomic E-state index is 10.5. The van der Waals surface area contributed by atoms with Gasteiger partial charge in [-0.3, -0.25) is 4.55 Å². The number of nitrogens with zero attached hydrogens (tertiary/aromatic N) is 2. The maximum Gasteiger partial charge on any atom is 0.294 e. The van der Waals surface area contributed by atoms with Gasteiger partial charge in [0.05, 0.1) is 10.3 Å². The largest absolute Gasteiger partial charge is 0.347 e. The fourth-order valence-corrected chi connectivity index (χ4v) is 7.88. The molecule has 3 aromatic rings. The first-order valence-electron chi connectivity index (χ1n) is 15.5. The minimum absolute atomic E-state index is 0.00898. The van der Waals surface area contributed by atoms with Crippen LogP contribution in [0.15, 0.2) is 112 Å². The van der Waals surface area contributed by atoms with Crippen LogP contribution in [0.1, 0.15) is 63.6 Å². The summed E-state index contributed by atoms with van der Waals surface area (Å²) in [7, 11) is 0.341. The van der Waals surface area contributed by atoms with Crippen molar-refractivity contribution < 1.29 is 17.5 Å². The van der Waals surface area contributed by atoms with Crippen LogP contribution in [0.4, 0.5) is 11.4 Å². The van der Waals surface area contributed by atoms with Gasteiger partial charge in [0.1, 0.15) is 7.05 Å². The highest BCUT2D eigenvalue weighted by atomic mass is 35.5. The third-order valence-electron chi connectivity index (χ3n) is 9.67. The van der Waals surface area contributed by atoms with Crippen molar-refractivity contribution in [1.29, 1.82) is 0 Å². The number of hydrogen-bond donors (Lipinski definition) is 1. The summed E-state index contributed by atoms with van der Waals surface area (Å²) in [6.45, 7) is 11.1. The van der Waals surface area contributed by atoms with Crippen molar-refractivity contribution in [1.82, 2.24) is 0 Å². The van der Waals surface area contributed by atoms with Gasteiger partial charge < -0.3 is 4.90 Å². The maximum absolute atomic E-state index is 10.5. The van der Waals surface area contributed by atoms with E-state index in [-0.39, 0.29) is 15.7 Å². The van der Waals surface area contributed by atoms with Crippen molar-refractivity contribution in [3.05, 3.63) is 124 Å². The average Bonchev–Trinajstić information content (AvgIpc) is 3.51. The molecule has 0 saturated carbocycles. The molecule has 2 aliphatic heterocycles. The minimum atomic E-state index is -4.02. The third-order valence-corrected chi connectivity index (χ3v) is 11.1. The van der Waals surface area contributed by atoms with Crippen molar-refractivity contribution in [2.75, 3.05) is 19.0 Å². The standard InChI is InChI=1S/C31H36ClN2.C7H8O3S/c1-30(2)23-11-7-9-13-25(23)33(5)27(30)19-17-21-15-16-22(29(21)32)18-20-28-31(3,4)24-12-8-10-14-26(24)34(28)6;1-6-2-4-7(5-3-6)11(8,9)10/h7-14,17,19-20,22H,15-16,18H2,1-6H3;2-5H,1H3,(H,8,9,10)/q+1;/b19-17+,28-20+;. The molecule has 0 fully saturated rings. The lowest BCUT2D eigenvalue weighted by Gasteiger charge is -2.25. The number of benzene rings is 3. The number of allylic oxidation sites excluding steroid dienone is 6. The topological polar surface area (TPSA) is 60.6 Å². The first-order chi connectivity index (χ1) is 21.1. The monoisotopic (exact) mass is 643 g/mol. The summed E-state index contributed by atoms with van der Waals surface area (Å²) < 4.78 is 31.9. The van der Waals surface area contributed by atoms with Gasteiger partial charge in [-0.15, -0.1) is 0 Å². The molecule has 0 spiro atoms. The molecule has 1 atom stereocenters. The van der Waals surface area contributed by atoms with E-state index in [2.05, 4.69) is 118 Å². The molecule has 3 aliphatic rings. The zero-order valence-electron chi connectivity index (χ0n) is 27.3. The summed E-state index contributed by atoms with van der Waals surface area (Å²) in [5.41, 5.74) is 10.4. The molecule has 0 aromatic heterocycles. The molecule has 236 valence electrons. The van der Waals surface area contributed by atoms with Crippen molar-refractivity contribution >= 4 is 38.8 Å². The van der Waals surface area contributed by atoms with E-state index in [1.807, 2.05) is 6.92 Å². The molecule has 3 aromatic carbocycles. The predicted molar refractivity (Wildman–Crippen MR) is 187 cm³/mol. The van der Waals surface area contributed by atoms with Gasteiger partial charge in [0.15, 0.2) is 5.71 Å². The van der Waals surface area contributed by atoms with Gasteiger partial charge in [0.2, 0.25) is 5.69 Å². The molecule has 0 radical (unpaired) electrons. The fraction of sp³-hybridized carbons (Fsp3) is 0.342. The number of rotatable bonds is 5. The van der Waals surface area contributed by atoms with Gasteiger partial charge in [-0.25, -0.2) is 0 Å². The normalized spacial score (nSPS) is 21.0. The second kappa shape index (κ2) is 12.4. The van der Waals surface area contributed by atoms with Crippen LogP contribution in [0.3, 0.4) is 0 Å². The van der Waals surface area contributed by atoms with Gasteiger partial charge in [0, 0.05) is 46.6 Å². The zero-order chi connectivity index (χ0) is 32.7. The Bertz CT molecular complexity index is 1850. The van der Waals surface area contributed by atoms with Gasteiger partial charge in [-0.05, 0) is 75.3 Å². The first-order valence-corrected chi connectivity index (χ1v) is 17.3. The van der Waals surface area contributed by atoms with E-state index in [0.29, 0.717) is 5.92 Å². The first kappa shape index (κ1) is 32.9. The Labute approximate surface area is 274 Å². The zero-order valence-corrected chi connectivity index (χ0v) is 28.9. The molecule has 0 saturated heterocycles. The Balaban J connectivity index is 0.000000309. The Kier molecular flexibility index (Phi) is 9.07. The van der Waals surface area contributed by atoms with E-state index in [1.165, 1.54) is 51.6 Å². The van der Waals surface area contributed by atoms with Crippen LogP contribution in [-0.4, -0.2) is 37.4 Å². The van der Waals surface area contributed by atoms with Crippen LogP contribution in [0.5, 0.6) is 0 Å². The number of aryl methyl sites for hydroxylation is 1. The Morgan fingerprint density at radius 2 is 1.56 bits per heavy atom. The van der Waals surface area contributed by atoms with Crippen LogP contribution >= 0.6 is 11.6 Å². The SMILES string of the molecule is CN1/C(=C/CC2CCC(/C=C/C3=[N+](C)c4ccccc4C3(C)C)=C2Cl)C(C)(C)c2ccccc21.Cc1ccc(S(=O)(=O)O)cc1. The van der Waals surface area contributed by atoms with Crippen LogP contribution in [0.2, 0.25) is 0 Å². The molecule has 2 heterocycles. The summed E-state index contributed by atoms with van der Waals surface area (Å²) in [6, 6.07) is 23.5. The second-order valence-electron chi connectivity index (χ2n) is 13.3. The predicted octanol–water partition coefficient (Wildman–Crippen LogP) is 9.10. The van der Waals surface area contributed by atoms with Crippen molar-refractivity contribution in [3.63, 3.8) is 0 Å². The van der Waals surface area contributed by atoms with Gasteiger partial charge in [-0.2, -0.15) is 13.0 Å². The molecule has 6 rings (SSSR count). The van der Waals surface area contributed by atoms with Gasteiger partial charge >= 0.3 is 0 Å². The van der Waals surface area contributed by atoms with Crippen molar-refractivity contribution in [3.8, 4) is 0 Å². The summed E-state index contributed by atoms with van der Waals surface area (Å²) in [5.74, 6) is 0.401. The van der Waals surface area contributed by atoms with E-state index >= 15 is 0 Å². The number of fused-ring (bicyclic) bond motifs is 2. The number of anilines is 1. The van der Waals surface area contributed by atoms with E-state index < -0.39 is 10.1 Å². The lowest BCUT2D eigenvalue weighted by Crippen LogP contribution is -2.26. The molecular formula is C38H44ClN2O3S+. The highest BCUT2D eigenvalue weighted by Crippen LogP contribution is 2.48. The van der Waals surface area contributed by atoms with Crippen LogP contribution in [0, 0.1) is 12.8 Å². The Morgan fingerprint density at radius 3 is 2.18 bits per heavy atom. The summed E-state index contributed by atoms with van der Waals surface area (Å²) in [6.07, 6.45) is 10.2. The number of halogens is 1. The van der Waals surface area contributed by atoms with Crippen LogP contribution in [-0.2, 0) is 20.9 Å². The Hall–Kier alpha value is -3.45. The number of likely N-dealkylation sites (N-methyl/N-ethyl adjacent to an activating group) is 1. The average molecular weight is 644 g/mol. The summed E-state index contributed by atoms with van der Waals surface area (Å²) in [4.78, 5) is 2.29. The fourth-order valence-electron chi connectivity index (χ4n) is 7.04. The number of para-hydroxylation sites is 2. The minimum Gasteiger partial charge on any atom is -0.347 e. The van der Waals surface area contributed by atoms with Crippen molar-refractivity contribution in [2.24, 2.45) is 5.92 Å². The van der Waals surface area contributed by atoms with Gasteiger partial charge in [-0.1, -0.05) is 91.7 Å². The van der Waals surface area contributed by atoms with E-state index in [1.54, 1.807) is 12.1 Å². The molecule has 1 N–H and O–H groups in total. The molecular weight excluding hydrogens is 600 g/mol. The molecule has 5 nitrogen and oxygen atoms in total. The molecule has 1 unspecified atom stereocenters. The molecule has 1 aliphatic carbocycles. The summed E-state index contributed by atoms with van der Waals surface area (Å²) in [5, 5.41) is 1.04. The highest BCUT2D eigenvalue weighted by Gasteiger charge is 2.43. The highest BCUT2D eigenvalue weighted by molar-refractivity contribution is 7.85. The third kappa shape index (κ3) is 6.33. The molecule has 45 heavy (non-hydrogen) atoms. The van der Waals surface area contributed by atoms with E-state index in [9.17, 15) is 8.42 Å². The van der Waals surface area contributed by atoms with Crippen molar-refractivity contribution in [2.45, 2.75) is 69.6 Å². The van der Waals surface area contributed by atoms with E-state index in [0.717, 1.165) is 29.9 Å². The Morgan fingerprint density at radius 1 is 0.933 bits per heavy atom. The van der Waals surface area contributed by atoms with Crippen LogP contribution in [0.25, 0.3) is 0 Å². The van der Waals surface area contributed by atoms with Gasteiger partial charge in [0.25, 0.3) is 10.1 Å². The molecule has 0 amide bonds. The van der Waals surface area contributed by atoms with Crippen LogP contribution < -0.4 is 4.90 Å². The van der Waals surface area contributed by atoms with E-state index in [4.69, 9.17) is 16.2 Å². The second-order valence-corrected chi connectivity index (χ2v) is 15.2. The molecule has 0 bridgehead atoms. The lowest BCUT2D eigenvalue weighted by molar-refractivity contribution is -0.401. The smallest absolute Gasteiger partial charge is 0.294 e.